The van der Waals surface area contributed by atoms with E-state index in [4.69, 9.17) is 0 Å². The lowest BCUT2D eigenvalue weighted by Gasteiger charge is -2.15. The molecule has 0 amide bonds. The lowest BCUT2D eigenvalue weighted by molar-refractivity contribution is 0.774. The molecule has 2 aromatic carbocycles. The van der Waals surface area contributed by atoms with Gasteiger partial charge in [0, 0.05) is 9.80 Å². The van der Waals surface area contributed by atoms with Crippen LogP contribution < -0.4 is 0 Å². The molecule has 0 saturated heterocycles. The van der Waals surface area contributed by atoms with Crippen molar-refractivity contribution < 1.29 is 0 Å². The number of rotatable bonds is 5. The summed E-state index contributed by atoms with van der Waals surface area (Å²) in [5, 5.41) is 0.985. The van der Waals surface area contributed by atoms with Gasteiger partial charge in [0.2, 0.25) is 0 Å². The summed E-state index contributed by atoms with van der Waals surface area (Å²) < 4.78 is 1.15. The molecule has 2 aromatic rings. The van der Waals surface area contributed by atoms with E-state index >= 15 is 0 Å². The highest BCUT2D eigenvalue weighted by molar-refractivity contribution is 9.10. The molecule has 0 radical (unpaired) electrons. The van der Waals surface area contributed by atoms with Crippen molar-refractivity contribution in [2.45, 2.75) is 25.7 Å². The molecule has 0 heterocycles. The van der Waals surface area contributed by atoms with E-state index in [-0.39, 0.29) is 0 Å². The minimum absolute atomic E-state index is 0.518. The summed E-state index contributed by atoms with van der Waals surface area (Å²) in [6, 6.07) is 17.6. The fourth-order valence-electron chi connectivity index (χ4n) is 2.22. The van der Waals surface area contributed by atoms with Crippen molar-refractivity contribution in [3.63, 3.8) is 0 Å². The lowest BCUT2D eigenvalue weighted by Crippen LogP contribution is -2.04. The first kappa shape index (κ1) is 14.8. The van der Waals surface area contributed by atoms with Crippen molar-refractivity contribution in [3.05, 3.63) is 69.7 Å². The van der Waals surface area contributed by atoms with Crippen molar-refractivity contribution in [2.24, 2.45) is 0 Å². The Labute approximate surface area is 132 Å². The van der Waals surface area contributed by atoms with E-state index < -0.39 is 0 Å². The molecule has 2 heteroatoms. The van der Waals surface area contributed by atoms with Crippen LogP contribution >= 0.6 is 31.9 Å². The van der Waals surface area contributed by atoms with Gasteiger partial charge in [-0.2, -0.15) is 0 Å². The Balaban J connectivity index is 2.14. The number of aryl methyl sites for hydroxylation is 1. The minimum Gasteiger partial charge on any atom is -0.0921 e. The summed E-state index contributed by atoms with van der Waals surface area (Å²) >= 11 is 7.20. The van der Waals surface area contributed by atoms with Gasteiger partial charge >= 0.3 is 0 Å². The van der Waals surface area contributed by atoms with E-state index in [0.717, 1.165) is 22.6 Å². The van der Waals surface area contributed by atoms with E-state index in [1.807, 2.05) is 0 Å². The fraction of sp³-hybridized carbons (Fsp3) is 0.294. The monoisotopic (exact) mass is 380 g/mol. The molecule has 1 atom stereocenters. The lowest BCUT2D eigenvalue weighted by atomic mass is 9.93. The zero-order valence-corrected chi connectivity index (χ0v) is 14.2. The van der Waals surface area contributed by atoms with Crippen molar-refractivity contribution in [3.8, 4) is 0 Å². The van der Waals surface area contributed by atoms with Gasteiger partial charge in [-0.1, -0.05) is 75.2 Å². The predicted octanol–water partition coefficient (Wildman–Crippen LogP) is 5.73. The van der Waals surface area contributed by atoms with Crippen LogP contribution in [0, 0.1) is 0 Å². The quantitative estimate of drug-likeness (QED) is 0.580. The van der Waals surface area contributed by atoms with Gasteiger partial charge in [0.1, 0.15) is 0 Å². The average Bonchev–Trinajstić information content (AvgIpc) is 2.45. The van der Waals surface area contributed by atoms with E-state index in [1.165, 1.54) is 16.7 Å². The Morgan fingerprint density at radius 3 is 2.26 bits per heavy atom. The van der Waals surface area contributed by atoms with E-state index in [1.54, 1.807) is 0 Å². The van der Waals surface area contributed by atoms with Gasteiger partial charge in [-0.05, 0) is 47.6 Å². The molecule has 0 bridgehead atoms. The Morgan fingerprint density at radius 1 is 1.00 bits per heavy atom. The smallest absolute Gasteiger partial charge is 0.0178 e. The maximum atomic E-state index is 3.65. The molecule has 0 aromatic heterocycles. The normalized spacial score (nSPS) is 12.4. The molecule has 19 heavy (non-hydrogen) atoms. The molecule has 1 unspecified atom stereocenters. The van der Waals surface area contributed by atoms with Gasteiger partial charge in [-0.3, -0.25) is 0 Å². The second-order valence-electron chi connectivity index (χ2n) is 4.78. The van der Waals surface area contributed by atoms with Crippen LogP contribution in [0.4, 0.5) is 0 Å². The first-order valence-corrected chi connectivity index (χ1v) is 8.53. The van der Waals surface area contributed by atoms with Crippen molar-refractivity contribution in [1.29, 1.82) is 0 Å². The van der Waals surface area contributed by atoms with Crippen LogP contribution in [0.5, 0.6) is 0 Å². The highest BCUT2D eigenvalue weighted by atomic mass is 79.9. The van der Waals surface area contributed by atoms with Gasteiger partial charge in [-0.25, -0.2) is 0 Å². The molecule has 0 nitrogen and oxygen atoms in total. The van der Waals surface area contributed by atoms with Crippen LogP contribution in [0.3, 0.4) is 0 Å². The first-order chi connectivity index (χ1) is 9.22. The van der Waals surface area contributed by atoms with Crippen LogP contribution in [0.1, 0.15) is 29.5 Å². The van der Waals surface area contributed by atoms with Crippen LogP contribution in [0.15, 0.2) is 53.0 Å². The minimum atomic E-state index is 0.518. The molecule has 0 saturated carbocycles. The zero-order chi connectivity index (χ0) is 13.7. The third kappa shape index (κ3) is 4.19. The second-order valence-corrected chi connectivity index (χ2v) is 6.34. The van der Waals surface area contributed by atoms with Gasteiger partial charge in [-0.15, -0.1) is 0 Å². The molecular formula is C17H18Br2. The second kappa shape index (κ2) is 7.25. The fourth-order valence-corrected chi connectivity index (χ4v) is 3.24. The van der Waals surface area contributed by atoms with Gasteiger partial charge in [0.25, 0.3) is 0 Å². The summed E-state index contributed by atoms with van der Waals surface area (Å²) in [6.07, 6.45) is 2.18. The number of benzene rings is 2. The molecule has 100 valence electrons. The topological polar surface area (TPSA) is 0 Å². The molecule has 0 aliphatic heterocycles. The SMILES string of the molecule is CCc1ccc(CC(CBr)c2cccc(Br)c2)cc1. The highest BCUT2D eigenvalue weighted by Gasteiger charge is 2.11. The van der Waals surface area contributed by atoms with E-state index in [2.05, 4.69) is 87.3 Å². The van der Waals surface area contributed by atoms with Crippen molar-refractivity contribution >= 4 is 31.9 Å². The number of hydrogen-bond donors (Lipinski definition) is 0. The Kier molecular flexibility index (Phi) is 5.65. The maximum absolute atomic E-state index is 3.65. The zero-order valence-electron chi connectivity index (χ0n) is 11.1. The van der Waals surface area contributed by atoms with Crippen molar-refractivity contribution in [1.82, 2.24) is 0 Å². The third-order valence-electron chi connectivity index (χ3n) is 3.42. The molecule has 0 fully saturated rings. The molecular weight excluding hydrogens is 364 g/mol. The summed E-state index contributed by atoms with van der Waals surface area (Å²) in [6.45, 7) is 2.19. The maximum Gasteiger partial charge on any atom is 0.0178 e. The van der Waals surface area contributed by atoms with Crippen LogP contribution in [-0.4, -0.2) is 5.33 Å². The van der Waals surface area contributed by atoms with Crippen LogP contribution in [0.2, 0.25) is 0 Å². The van der Waals surface area contributed by atoms with Crippen LogP contribution in [-0.2, 0) is 12.8 Å². The summed E-state index contributed by atoms with van der Waals surface area (Å²) in [7, 11) is 0. The third-order valence-corrected chi connectivity index (χ3v) is 4.69. The van der Waals surface area contributed by atoms with Gasteiger partial charge in [0.05, 0.1) is 0 Å². The standard InChI is InChI=1S/C17H18Br2/c1-2-13-6-8-14(9-7-13)10-16(12-18)15-4-3-5-17(19)11-15/h3-9,11,16H,2,10,12H2,1H3. The average molecular weight is 382 g/mol. The van der Waals surface area contributed by atoms with Crippen LogP contribution in [0.25, 0.3) is 0 Å². The molecule has 0 aliphatic carbocycles. The number of alkyl halides is 1. The number of hydrogen-bond acceptors (Lipinski definition) is 0. The highest BCUT2D eigenvalue weighted by Crippen LogP contribution is 2.25. The largest absolute Gasteiger partial charge is 0.0921 e. The van der Waals surface area contributed by atoms with Gasteiger partial charge < -0.3 is 0 Å². The molecule has 0 aliphatic rings. The summed E-state index contributed by atoms with van der Waals surface area (Å²) in [5.41, 5.74) is 4.19. The Morgan fingerprint density at radius 2 is 1.68 bits per heavy atom. The molecule has 2 rings (SSSR count). The van der Waals surface area contributed by atoms with E-state index in [0.29, 0.717) is 5.92 Å². The predicted molar refractivity (Wildman–Crippen MR) is 90.2 cm³/mol. The van der Waals surface area contributed by atoms with Crippen molar-refractivity contribution in [2.75, 3.05) is 5.33 Å². The van der Waals surface area contributed by atoms with E-state index in [9.17, 15) is 0 Å². The molecule has 0 N–H and O–H groups in total. The summed E-state index contributed by atoms with van der Waals surface area (Å²) in [4.78, 5) is 0. The first-order valence-electron chi connectivity index (χ1n) is 6.62. The Hall–Kier alpha value is -0.600. The van der Waals surface area contributed by atoms with Gasteiger partial charge in [0.15, 0.2) is 0 Å². The summed E-state index contributed by atoms with van der Waals surface area (Å²) in [5.74, 6) is 0.518. The number of halogens is 2. The Bertz CT molecular complexity index is 517. The molecule has 0 spiro atoms.